The van der Waals surface area contributed by atoms with Crippen LogP contribution in [0, 0.1) is 6.92 Å². The van der Waals surface area contributed by atoms with E-state index in [0.717, 1.165) is 54.2 Å². The van der Waals surface area contributed by atoms with Gasteiger partial charge in [0.05, 0.1) is 18.0 Å². The number of nitrogens with zero attached hydrogens (tertiary/aromatic N) is 4. The average molecular weight is 477 g/mol. The first-order chi connectivity index (χ1) is 15.9. The molecule has 2 aromatic rings. The molecule has 0 unspecified atom stereocenters. The molecule has 0 atom stereocenters. The number of aryl methyl sites for hydroxylation is 2. The Labute approximate surface area is 198 Å². The minimum absolute atomic E-state index is 0.0127. The molecule has 0 radical (unpaired) electrons. The Balaban J connectivity index is 1.21. The first kappa shape index (κ1) is 23.8. The summed E-state index contributed by atoms with van der Waals surface area (Å²) in [5.74, 6) is -2.14. The molecule has 6 nitrogen and oxygen atoms in total. The van der Waals surface area contributed by atoms with Gasteiger partial charge >= 0.3 is 0 Å². The van der Waals surface area contributed by atoms with E-state index in [1.54, 1.807) is 6.20 Å². The maximum absolute atomic E-state index is 14.5. The lowest BCUT2D eigenvalue weighted by atomic mass is 10.1. The lowest BCUT2D eigenvalue weighted by Gasteiger charge is -2.21. The zero-order chi connectivity index (χ0) is 23.3. The lowest BCUT2D eigenvalue weighted by Crippen LogP contribution is -2.26. The van der Waals surface area contributed by atoms with Crippen LogP contribution in [0.4, 0.5) is 14.5 Å². The molecule has 0 bridgehead atoms. The van der Waals surface area contributed by atoms with E-state index in [-0.39, 0.29) is 19.4 Å². The highest BCUT2D eigenvalue weighted by molar-refractivity contribution is 7.98. The molecule has 33 heavy (non-hydrogen) atoms. The summed E-state index contributed by atoms with van der Waals surface area (Å²) in [4.78, 5) is 9.37. The van der Waals surface area contributed by atoms with E-state index in [2.05, 4.69) is 14.4 Å². The number of benzene rings is 1. The number of fused-ring (bicyclic) bond motifs is 1. The molecule has 0 N–H and O–H groups in total. The van der Waals surface area contributed by atoms with E-state index < -0.39 is 5.92 Å². The van der Waals surface area contributed by atoms with Crippen LogP contribution in [0.15, 0.2) is 41.7 Å². The molecule has 1 aliphatic heterocycles. The number of aromatic nitrogens is 1. The molecule has 1 saturated heterocycles. The molecule has 0 amide bonds. The predicted octanol–water partition coefficient (Wildman–Crippen LogP) is 5.26. The van der Waals surface area contributed by atoms with Gasteiger partial charge in [0.2, 0.25) is 0 Å². The molecular weight excluding hydrogens is 446 g/mol. The van der Waals surface area contributed by atoms with Crippen molar-refractivity contribution in [3.8, 4) is 5.75 Å². The van der Waals surface area contributed by atoms with Gasteiger partial charge in [-0.15, -0.1) is 0 Å². The summed E-state index contributed by atoms with van der Waals surface area (Å²) in [5, 5.41) is 4.15. The van der Waals surface area contributed by atoms with E-state index in [9.17, 15) is 8.78 Å². The fourth-order valence-electron chi connectivity index (χ4n) is 3.94. The fourth-order valence-corrected chi connectivity index (χ4v) is 4.93. The molecule has 4 rings (SSSR count). The minimum atomic E-state index is -2.77. The molecule has 2 aliphatic rings. The van der Waals surface area contributed by atoms with E-state index >= 15 is 0 Å². The van der Waals surface area contributed by atoms with Crippen molar-refractivity contribution in [1.29, 1.82) is 0 Å². The quantitative estimate of drug-likeness (QED) is 0.345. The first-order valence-corrected chi connectivity index (χ1v) is 12.1. The van der Waals surface area contributed by atoms with E-state index in [4.69, 9.17) is 9.57 Å². The summed E-state index contributed by atoms with van der Waals surface area (Å²) < 4.78 is 38.7. The fraction of sp³-hybridized carbons (Fsp3) is 0.500. The second-order valence-electron chi connectivity index (χ2n) is 8.25. The Bertz CT molecular complexity index is 989. The highest BCUT2D eigenvalue weighted by atomic mass is 32.2. The molecular formula is C24H30F2N4O2S. The van der Waals surface area contributed by atoms with Crippen LogP contribution >= 0.6 is 12.1 Å². The molecule has 0 saturated carbocycles. The van der Waals surface area contributed by atoms with Crippen molar-refractivity contribution in [3.63, 3.8) is 0 Å². The van der Waals surface area contributed by atoms with E-state index in [1.807, 2.05) is 48.5 Å². The minimum Gasteiger partial charge on any atom is -0.493 e. The lowest BCUT2D eigenvalue weighted by molar-refractivity contribution is -0.0286. The van der Waals surface area contributed by atoms with Crippen LogP contribution in [-0.4, -0.2) is 53.8 Å². The van der Waals surface area contributed by atoms with E-state index in [0.29, 0.717) is 18.9 Å². The third-order valence-corrected chi connectivity index (χ3v) is 6.91. The van der Waals surface area contributed by atoms with Gasteiger partial charge in [0.25, 0.3) is 5.92 Å². The van der Waals surface area contributed by atoms with Crippen LogP contribution in [0.1, 0.15) is 43.0 Å². The van der Waals surface area contributed by atoms with Crippen LogP contribution in [0.25, 0.3) is 0 Å². The summed E-state index contributed by atoms with van der Waals surface area (Å²) in [7, 11) is 0. The number of hydrogen-bond donors (Lipinski definition) is 0. The van der Waals surface area contributed by atoms with Crippen molar-refractivity contribution in [3.05, 3.63) is 53.3 Å². The number of halogens is 2. The van der Waals surface area contributed by atoms with Crippen LogP contribution in [0.3, 0.4) is 0 Å². The van der Waals surface area contributed by atoms with Crippen molar-refractivity contribution in [2.24, 2.45) is 5.16 Å². The molecule has 9 heteroatoms. The summed E-state index contributed by atoms with van der Waals surface area (Å²) in [6.45, 7) is 6.25. The normalized spacial score (nSPS) is 17.6. The maximum atomic E-state index is 14.5. The van der Waals surface area contributed by atoms with Crippen LogP contribution < -0.4 is 9.04 Å². The Morgan fingerprint density at radius 1 is 1.15 bits per heavy atom. The number of hydrogen-bond acceptors (Lipinski definition) is 7. The van der Waals surface area contributed by atoms with Gasteiger partial charge < -0.3 is 13.9 Å². The van der Waals surface area contributed by atoms with Crippen molar-refractivity contribution < 1.29 is 18.4 Å². The predicted molar refractivity (Wildman–Crippen MR) is 128 cm³/mol. The van der Waals surface area contributed by atoms with Crippen molar-refractivity contribution in [2.45, 2.75) is 45.5 Å². The molecule has 178 valence electrons. The first-order valence-electron chi connectivity index (χ1n) is 11.4. The Morgan fingerprint density at radius 3 is 2.85 bits per heavy atom. The maximum Gasteiger partial charge on any atom is 0.252 e. The number of ether oxygens (including phenoxy) is 1. The Hall–Kier alpha value is -2.39. The number of oxime groups is 1. The van der Waals surface area contributed by atoms with Crippen LogP contribution in [0.5, 0.6) is 5.75 Å². The highest BCUT2D eigenvalue weighted by Gasteiger charge is 2.31. The van der Waals surface area contributed by atoms with Gasteiger partial charge in [-0.2, -0.15) is 0 Å². The van der Waals surface area contributed by atoms with Crippen molar-refractivity contribution in [2.75, 3.05) is 37.2 Å². The van der Waals surface area contributed by atoms with E-state index in [1.165, 1.54) is 12.1 Å². The highest BCUT2D eigenvalue weighted by Crippen LogP contribution is 2.33. The van der Waals surface area contributed by atoms with Crippen LogP contribution in [-0.2, 0) is 11.3 Å². The number of rotatable bonds is 10. The molecule has 1 aliphatic carbocycles. The Morgan fingerprint density at radius 2 is 2.03 bits per heavy atom. The molecule has 1 aromatic heterocycles. The zero-order valence-electron chi connectivity index (χ0n) is 19.1. The van der Waals surface area contributed by atoms with Gasteiger partial charge in [0, 0.05) is 62.1 Å². The monoisotopic (exact) mass is 476 g/mol. The third kappa shape index (κ3) is 6.35. The van der Waals surface area contributed by atoms with Crippen LogP contribution in [0.2, 0.25) is 0 Å². The molecule has 2 heterocycles. The smallest absolute Gasteiger partial charge is 0.252 e. The topological polar surface area (TPSA) is 50.2 Å². The standard InChI is InChI=1S/C24H30F2N4O2S/c1-3-32-28-23-7-4-19-17-21(5-6-22(19)23)31-15-10-24(25,26)9-12-29-13-14-30(33-29)20-8-11-27-18(2)16-20/h5-6,8,11,16-17H,3-4,7,9-10,12-15H2,1-2H3/b28-23+. The summed E-state index contributed by atoms with van der Waals surface area (Å²) in [6, 6.07) is 9.64. The molecule has 0 spiro atoms. The van der Waals surface area contributed by atoms with Crippen molar-refractivity contribution >= 4 is 23.5 Å². The summed E-state index contributed by atoms with van der Waals surface area (Å²) >= 11 is 1.51. The van der Waals surface area contributed by atoms with Gasteiger partial charge in [-0.3, -0.25) is 4.98 Å². The average Bonchev–Trinajstić information content (AvgIpc) is 3.43. The Kier molecular flexibility index (Phi) is 7.70. The van der Waals surface area contributed by atoms with Gasteiger partial charge in [-0.05, 0) is 62.6 Å². The van der Waals surface area contributed by atoms with Gasteiger partial charge in [0.15, 0.2) is 0 Å². The third-order valence-electron chi connectivity index (χ3n) is 5.72. The number of anilines is 1. The zero-order valence-corrected chi connectivity index (χ0v) is 19.9. The summed E-state index contributed by atoms with van der Waals surface area (Å²) in [6.07, 6.45) is 2.97. The number of alkyl halides is 2. The number of pyridine rings is 1. The van der Waals surface area contributed by atoms with Gasteiger partial charge in [-0.25, -0.2) is 13.1 Å². The SMILES string of the molecule is CCO/N=C1\CCc2cc(OCCC(F)(F)CCN3CCN(c4ccnc(C)c4)S3)ccc21. The second-order valence-corrected chi connectivity index (χ2v) is 9.37. The van der Waals surface area contributed by atoms with Gasteiger partial charge in [-0.1, -0.05) is 5.16 Å². The van der Waals surface area contributed by atoms with Crippen molar-refractivity contribution in [1.82, 2.24) is 9.29 Å². The summed E-state index contributed by atoms with van der Waals surface area (Å²) in [5.41, 5.74) is 5.11. The largest absolute Gasteiger partial charge is 0.493 e. The molecule has 1 fully saturated rings. The van der Waals surface area contributed by atoms with Gasteiger partial charge in [0.1, 0.15) is 12.4 Å². The second kappa shape index (κ2) is 10.7. The molecule has 1 aromatic carbocycles.